The van der Waals surface area contributed by atoms with Crippen LogP contribution in [-0.2, 0) is 6.54 Å². The summed E-state index contributed by atoms with van der Waals surface area (Å²) in [6, 6.07) is 12.4. The predicted octanol–water partition coefficient (Wildman–Crippen LogP) is 2.74. The van der Waals surface area contributed by atoms with Crippen LogP contribution in [0.25, 0.3) is 0 Å². The third kappa shape index (κ3) is 3.62. The Kier molecular flexibility index (Phi) is 4.82. The average Bonchev–Trinajstić information content (AvgIpc) is 2.42. The Morgan fingerprint density at radius 3 is 2.45 bits per heavy atom. The maximum Gasteiger partial charge on any atom is 0.123 e. The van der Waals surface area contributed by atoms with Crippen molar-refractivity contribution in [2.24, 2.45) is 5.73 Å². The first-order valence-corrected chi connectivity index (χ1v) is 6.69. The number of halogens is 1. The van der Waals surface area contributed by atoms with Crippen molar-refractivity contribution >= 4 is 0 Å². The van der Waals surface area contributed by atoms with Crippen molar-refractivity contribution in [1.29, 1.82) is 0 Å². The molecule has 1 aromatic heterocycles. The summed E-state index contributed by atoms with van der Waals surface area (Å²) in [4.78, 5) is 6.53. The topological polar surface area (TPSA) is 42.1 Å². The van der Waals surface area contributed by atoms with Gasteiger partial charge in [0, 0.05) is 18.8 Å². The first-order chi connectivity index (χ1) is 9.58. The second-order valence-electron chi connectivity index (χ2n) is 5.10. The van der Waals surface area contributed by atoms with Crippen LogP contribution in [-0.4, -0.2) is 23.0 Å². The molecule has 2 rings (SSSR count). The minimum Gasteiger partial charge on any atom is -0.326 e. The van der Waals surface area contributed by atoms with Crippen molar-refractivity contribution < 1.29 is 4.39 Å². The maximum atomic E-state index is 12.9. The van der Waals surface area contributed by atoms with Crippen LogP contribution in [0.4, 0.5) is 4.39 Å². The van der Waals surface area contributed by atoms with Gasteiger partial charge in [0.05, 0.1) is 11.7 Å². The van der Waals surface area contributed by atoms with Crippen molar-refractivity contribution in [2.45, 2.75) is 25.6 Å². The van der Waals surface area contributed by atoms with E-state index in [1.54, 1.807) is 18.3 Å². The second-order valence-corrected chi connectivity index (χ2v) is 5.10. The van der Waals surface area contributed by atoms with Gasteiger partial charge in [-0.25, -0.2) is 4.39 Å². The van der Waals surface area contributed by atoms with Crippen LogP contribution in [0, 0.1) is 5.82 Å². The lowest BCUT2D eigenvalue weighted by molar-refractivity contribution is 0.206. The molecule has 0 radical (unpaired) electrons. The molecule has 1 heterocycles. The number of nitrogens with two attached hydrogens (primary N) is 1. The third-order valence-corrected chi connectivity index (χ3v) is 3.31. The molecule has 106 valence electrons. The maximum absolute atomic E-state index is 12.9. The highest BCUT2D eigenvalue weighted by atomic mass is 19.1. The Morgan fingerprint density at radius 1 is 1.20 bits per heavy atom. The van der Waals surface area contributed by atoms with Gasteiger partial charge in [-0.05, 0) is 43.8 Å². The number of aromatic nitrogens is 1. The highest BCUT2D eigenvalue weighted by Gasteiger charge is 2.22. The summed E-state index contributed by atoms with van der Waals surface area (Å²) in [7, 11) is 2.01. The van der Waals surface area contributed by atoms with Crippen LogP contribution in [0.3, 0.4) is 0 Å². The lowest BCUT2D eigenvalue weighted by Crippen LogP contribution is -2.37. The van der Waals surface area contributed by atoms with Gasteiger partial charge in [0.1, 0.15) is 5.82 Å². The van der Waals surface area contributed by atoms with Gasteiger partial charge in [-0.1, -0.05) is 18.2 Å². The highest BCUT2D eigenvalue weighted by molar-refractivity contribution is 5.17. The quantitative estimate of drug-likeness (QED) is 0.911. The summed E-state index contributed by atoms with van der Waals surface area (Å²) in [5.41, 5.74) is 8.11. The molecule has 0 saturated heterocycles. The van der Waals surface area contributed by atoms with E-state index in [-0.39, 0.29) is 17.9 Å². The van der Waals surface area contributed by atoms with E-state index in [0.717, 1.165) is 11.3 Å². The van der Waals surface area contributed by atoms with Gasteiger partial charge in [0.15, 0.2) is 0 Å². The summed E-state index contributed by atoms with van der Waals surface area (Å²) in [5, 5.41) is 0. The van der Waals surface area contributed by atoms with Crippen molar-refractivity contribution in [3.63, 3.8) is 0 Å². The number of hydrogen-bond acceptors (Lipinski definition) is 3. The molecule has 2 atom stereocenters. The molecule has 4 heteroatoms. The lowest BCUT2D eigenvalue weighted by Gasteiger charge is -2.30. The van der Waals surface area contributed by atoms with E-state index in [1.807, 2.05) is 32.2 Å². The SMILES string of the molecule is CC(N)C(c1ccccn1)N(C)Cc1ccc(F)cc1. The number of nitrogens with zero attached hydrogens (tertiary/aromatic N) is 2. The molecule has 0 aliphatic rings. The van der Waals surface area contributed by atoms with Gasteiger partial charge in [-0.3, -0.25) is 9.88 Å². The summed E-state index contributed by atoms with van der Waals surface area (Å²) in [5.74, 6) is -0.218. The number of likely N-dealkylation sites (N-methyl/N-ethyl adjacent to an activating group) is 1. The number of benzene rings is 1. The zero-order chi connectivity index (χ0) is 14.5. The fourth-order valence-corrected chi connectivity index (χ4v) is 2.42. The fraction of sp³-hybridized carbons (Fsp3) is 0.312. The molecule has 3 nitrogen and oxygen atoms in total. The molecule has 0 aliphatic carbocycles. The molecule has 2 N–H and O–H groups in total. The van der Waals surface area contributed by atoms with Crippen LogP contribution in [0.5, 0.6) is 0 Å². The molecule has 0 amide bonds. The fourth-order valence-electron chi connectivity index (χ4n) is 2.42. The van der Waals surface area contributed by atoms with Crippen molar-refractivity contribution in [3.05, 3.63) is 65.7 Å². The molecule has 0 aliphatic heterocycles. The Balaban J connectivity index is 2.15. The van der Waals surface area contributed by atoms with Crippen LogP contribution in [0.15, 0.2) is 48.7 Å². The van der Waals surface area contributed by atoms with Gasteiger partial charge < -0.3 is 5.73 Å². The molecule has 0 bridgehead atoms. The summed E-state index contributed by atoms with van der Waals surface area (Å²) in [6.45, 7) is 2.67. The molecule has 20 heavy (non-hydrogen) atoms. The van der Waals surface area contributed by atoms with E-state index in [1.165, 1.54) is 12.1 Å². The van der Waals surface area contributed by atoms with E-state index >= 15 is 0 Å². The van der Waals surface area contributed by atoms with Crippen LogP contribution in [0.1, 0.15) is 24.2 Å². The van der Waals surface area contributed by atoms with E-state index in [0.29, 0.717) is 6.54 Å². The molecular weight excluding hydrogens is 253 g/mol. The zero-order valence-corrected chi connectivity index (χ0v) is 11.8. The lowest BCUT2D eigenvalue weighted by atomic mass is 10.0. The summed E-state index contributed by atoms with van der Waals surface area (Å²) < 4.78 is 12.9. The van der Waals surface area contributed by atoms with Gasteiger partial charge >= 0.3 is 0 Å². The largest absolute Gasteiger partial charge is 0.326 e. The summed E-state index contributed by atoms with van der Waals surface area (Å²) in [6.07, 6.45) is 1.77. The Bertz CT molecular complexity index is 525. The Morgan fingerprint density at radius 2 is 1.90 bits per heavy atom. The Hall–Kier alpha value is -1.78. The molecule has 0 saturated carbocycles. The smallest absolute Gasteiger partial charge is 0.123 e. The monoisotopic (exact) mass is 273 g/mol. The van der Waals surface area contributed by atoms with Crippen molar-refractivity contribution in [3.8, 4) is 0 Å². The second kappa shape index (κ2) is 6.59. The van der Waals surface area contributed by atoms with E-state index in [2.05, 4.69) is 9.88 Å². The van der Waals surface area contributed by atoms with Crippen molar-refractivity contribution in [1.82, 2.24) is 9.88 Å². The average molecular weight is 273 g/mol. The van der Waals surface area contributed by atoms with Crippen LogP contribution in [0.2, 0.25) is 0 Å². The van der Waals surface area contributed by atoms with Gasteiger partial charge in [-0.15, -0.1) is 0 Å². The van der Waals surface area contributed by atoms with Gasteiger partial charge in [-0.2, -0.15) is 0 Å². The van der Waals surface area contributed by atoms with Crippen LogP contribution >= 0.6 is 0 Å². The first kappa shape index (κ1) is 14.6. The minimum absolute atomic E-state index is 0.0289. The first-order valence-electron chi connectivity index (χ1n) is 6.69. The Labute approximate surface area is 119 Å². The highest BCUT2D eigenvalue weighted by Crippen LogP contribution is 2.22. The van der Waals surface area contributed by atoms with E-state index in [9.17, 15) is 4.39 Å². The molecular formula is C16H20FN3. The normalized spacial score (nSPS) is 14.2. The summed E-state index contributed by atoms with van der Waals surface area (Å²) >= 11 is 0. The van der Waals surface area contributed by atoms with Crippen LogP contribution < -0.4 is 5.73 Å². The molecule has 0 fully saturated rings. The van der Waals surface area contributed by atoms with E-state index in [4.69, 9.17) is 5.73 Å². The number of hydrogen-bond donors (Lipinski definition) is 1. The molecule has 2 aromatic rings. The standard InChI is InChI=1S/C16H20FN3/c1-12(18)16(15-5-3-4-10-19-15)20(2)11-13-6-8-14(17)9-7-13/h3-10,12,16H,11,18H2,1-2H3. The number of rotatable bonds is 5. The third-order valence-electron chi connectivity index (χ3n) is 3.31. The van der Waals surface area contributed by atoms with Gasteiger partial charge in [0.25, 0.3) is 0 Å². The molecule has 1 aromatic carbocycles. The minimum atomic E-state index is -0.218. The molecule has 0 spiro atoms. The molecule has 2 unspecified atom stereocenters. The number of pyridine rings is 1. The predicted molar refractivity (Wildman–Crippen MR) is 78.5 cm³/mol. The van der Waals surface area contributed by atoms with E-state index < -0.39 is 0 Å². The van der Waals surface area contributed by atoms with Gasteiger partial charge in [0.2, 0.25) is 0 Å². The zero-order valence-electron chi connectivity index (χ0n) is 11.8. The van der Waals surface area contributed by atoms with Crippen molar-refractivity contribution in [2.75, 3.05) is 7.05 Å².